The summed E-state index contributed by atoms with van der Waals surface area (Å²) >= 11 is 0. The van der Waals surface area contributed by atoms with Gasteiger partial charge in [0.1, 0.15) is 6.04 Å². The van der Waals surface area contributed by atoms with Gasteiger partial charge in [-0.05, 0) is 49.1 Å². The number of carbonyl (C=O) groups is 2. The van der Waals surface area contributed by atoms with Crippen molar-refractivity contribution in [1.82, 2.24) is 0 Å². The molecule has 0 heterocycles. The van der Waals surface area contributed by atoms with Gasteiger partial charge in [0, 0.05) is 0 Å². The second-order valence-electron chi connectivity index (χ2n) is 5.78. The molecule has 5 nitrogen and oxygen atoms in total. The Labute approximate surface area is 123 Å². The molecule has 1 aromatic rings. The van der Waals surface area contributed by atoms with Gasteiger partial charge in [0.2, 0.25) is 0 Å². The molecule has 1 aliphatic rings. The van der Waals surface area contributed by atoms with E-state index in [-0.39, 0.29) is 5.92 Å². The number of benzene rings is 1. The van der Waals surface area contributed by atoms with Gasteiger partial charge >= 0.3 is 11.9 Å². The zero-order valence-corrected chi connectivity index (χ0v) is 11.9. The molecule has 5 heteroatoms. The van der Waals surface area contributed by atoms with Crippen molar-refractivity contribution in [1.29, 1.82) is 0 Å². The van der Waals surface area contributed by atoms with Crippen molar-refractivity contribution in [2.45, 2.75) is 44.1 Å². The van der Waals surface area contributed by atoms with E-state index in [4.69, 9.17) is 15.9 Å². The van der Waals surface area contributed by atoms with Gasteiger partial charge < -0.3 is 15.9 Å². The Morgan fingerprint density at radius 3 is 2.14 bits per heavy atom. The van der Waals surface area contributed by atoms with E-state index < -0.39 is 18.0 Å². The first-order valence-electron chi connectivity index (χ1n) is 7.27. The van der Waals surface area contributed by atoms with Crippen molar-refractivity contribution in [2.24, 2.45) is 11.7 Å². The van der Waals surface area contributed by atoms with Gasteiger partial charge in [-0.15, -0.1) is 0 Å². The lowest BCUT2D eigenvalue weighted by Crippen LogP contribution is -2.32. The lowest BCUT2D eigenvalue weighted by atomic mass is 9.78. The van der Waals surface area contributed by atoms with E-state index in [1.165, 1.54) is 5.56 Å². The normalized spacial score (nSPS) is 23.5. The predicted molar refractivity (Wildman–Crippen MR) is 78.1 cm³/mol. The third kappa shape index (κ3) is 4.04. The highest BCUT2D eigenvalue weighted by Gasteiger charge is 2.26. The molecule has 21 heavy (non-hydrogen) atoms. The second kappa shape index (κ2) is 6.72. The molecular formula is C16H21NO4. The zero-order valence-electron chi connectivity index (χ0n) is 11.9. The summed E-state index contributed by atoms with van der Waals surface area (Å²) < 4.78 is 0. The van der Waals surface area contributed by atoms with Crippen molar-refractivity contribution in [3.8, 4) is 0 Å². The molecule has 1 saturated carbocycles. The minimum atomic E-state index is -0.994. The summed E-state index contributed by atoms with van der Waals surface area (Å²) in [4.78, 5) is 21.7. The van der Waals surface area contributed by atoms with E-state index >= 15 is 0 Å². The Morgan fingerprint density at radius 2 is 1.67 bits per heavy atom. The number of rotatable bonds is 5. The van der Waals surface area contributed by atoms with Crippen molar-refractivity contribution in [3.05, 3.63) is 35.4 Å². The number of hydrogen-bond acceptors (Lipinski definition) is 3. The van der Waals surface area contributed by atoms with Crippen LogP contribution in [0.1, 0.15) is 42.7 Å². The van der Waals surface area contributed by atoms with Gasteiger partial charge in [-0.3, -0.25) is 9.59 Å². The molecule has 114 valence electrons. The smallest absolute Gasteiger partial charge is 0.320 e. The van der Waals surface area contributed by atoms with Crippen LogP contribution < -0.4 is 5.73 Å². The molecule has 0 aliphatic heterocycles. The van der Waals surface area contributed by atoms with Gasteiger partial charge in [0.05, 0.1) is 5.92 Å². The molecule has 0 unspecified atom stereocenters. The van der Waals surface area contributed by atoms with Crippen molar-refractivity contribution < 1.29 is 19.8 Å². The number of carboxylic acids is 2. The van der Waals surface area contributed by atoms with Crippen molar-refractivity contribution in [3.63, 3.8) is 0 Å². The van der Waals surface area contributed by atoms with Crippen LogP contribution in [0.15, 0.2) is 24.3 Å². The summed E-state index contributed by atoms with van der Waals surface area (Å²) in [5.41, 5.74) is 7.63. The fraction of sp³-hybridized carbons (Fsp3) is 0.500. The van der Waals surface area contributed by atoms with Crippen LogP contribution >= 0.6 is 0 Å². The maximum atomic E-state index is 10.9. The van der Waals surface area contributed by atoms with Crippen LogP contribution in [0, 0.1) is 5.92 Å². The van der Waals surface area contributed by atoms with E-state index in [0.717, 1.165) is 31.2 Å². The Hall–Kier alpha value is -1.88. The Balaban J connectivity index is 1.94. The van der Waals surface area contributed by atoms with Gasteiger partial charge in [-0.1, -0.05) is 24.3 Å². The summed E-state index contributed by atoms with van der Waals surface area (Å²) in [5, 5.41) is 17.8. The van der Waals surface area contributed by atoms with Crippen LogP contribution in [0.25, 0.3) is 0 Å². The number of carboxylic acid groups (broad SMARTS) is 2. The maximum Gasteiger partial charge on any atom is 0.320 e. The van der Waals surface area contributed by atoms with Gasteiger partial charge in [-0.25, -0.2) is 0 Å². The third-order valence-electron chi connectivity index (χ3n) is 4.30. The molecular weight excluding hydrogens is 270 g/mol. The highest BCUT2D eigenvalue weighted by atomic mass is 16.4. The molecule has 1 aliphatic carbocycles. The molecule has 0 amide bonds. The lowest BCUT2D eigenvalue weighted by Gasteiger charge is -2.26. The topological polar surface area (TPSA) is 101 Å². The molecule has 1 fully saturated rings. The minimum Gasteiger partial charge on any atom is -0.481 e. The average Bonchev–Trinajstić information content (AvgIpc) is 2.48. The summed E-state index contributed by atoms with van der Waals surface area (Å²) in [6.07, 6.45) is 3.56. The minimum absolute atomic E-state index is 0.200. The molecule has 0 bridgehead atoms. The summed E-state index contributed by atoms with van der Waals surface area (Å²) in [5.74, 6) is -1.48. The Kier molecular flexibility index (Phi) is 4.96. The lowest BCUT2D eigenvalue weighted by molar-refractivity contribution is -0.143. The first kappa shape index (κ1) is 15.5. The molecule has 0 aromatic heterocycles. The van der Waals surface area contributed by atoms with Crippen LogP contribution in [0.4, 0.5) is 0 Å². The van der Waals surface area contributed by atoms with Crippen LogP contribution in [0.5, 0.6) is 0 Å². The van der Waals surface area contributed by atoms with Crippen LogP contribution in [0.3, 0.4) is 0 Å². The van der Waals surface area contributed by atoms with Crippen LogP contribution in [-0.4, -0.2) is 28.2 Å². The zero-order chi connectivity index (χ0) is 15.4. The standard InChI is InChI=1S/C16H21NO4/c17-14(16(20)21)9-10-1-3-11(4-2-10)12-5-7-13(8-6-12)15(18)19/h1-4,12-14H,5-9,17H2,(H,18,19)(H,20,21)/t12?,13?,14-/m0/s1. The SMILES string of the molecule is N[C@@H](Cc1ccc(C2CCC(C(=O)O)CC2)cc1)C(=O)O. The van der Waals surface area contributed by atoms with Crippen molar-refractivity contribution >= 4 is 11.9 Å². The maximum absolute atomic E-state index is 10.9. The summed E-state index contributed by atoms with van der Waals surface area (Å²) in [7, 11) is 0. The average molecular weight is 291 g/mol. The summed E-state index contributed by atoms with van der Waals surface area (Å²) in [6.45, 7) is 0. The Morgan fingerprint density at radius 1 is 1.10 bits per heavy atom. The molecule has 1 atom stereocenters. The number of aliphatic carboxylic acids is 2. The number of hydrogen-bond donors (Lipinski definition) is 3. The predicted octanol–water partition coefficient (Wildman–Crippen LogP) is 2.00. The number of nitrogens with two attached hydrogens (primary N) is 1. The molecule has 0 spiro atoms. The van der Waals surface area contributed by atoms with E-state index in [0.29, 0.717) is 12.3 Å². The van der Waals surface area contributed by atoms with Gasteiger partial charge in [0.15, 0.2) is 0 Å². The molecule has 0 radical (unpaired) electrons. The van der Waals surface area contributed by atoms with E-state index in [2.05, 4.69) is 0 Å². The van der Waals surface area contributed by atoms with E-state index in [1.807, 2.05) is 24.3 Å². The highest BCUT2D eigenvalue weighted by Crippen LogP contribution is 2.35. The molecule has 0 saturated heterocycles. The first-order chi connectivity index (χ1) is 9.97. The third-order valence-corrected chi connectivity index (χ3v) is 4.30. The molecule has 1 aromatic carbocycles. The second-order valence-corrected chi connectivity index (χ2v) is 5.78. The van der Waals surface area contributed by atoms with Crippen molar-refractivity contribution in [2.75, 3.05) is 0 Å². The fourth-order valence-corrected chi connectivity index (χ4v) is 2.94. The van der Waals surface area contributed by atoms with Crippen LogP contribution in [0.2, 0.25) is 0 Å². The fourth-order valence-electron chi connectivity index (χ4n) is 2.94. The molecule has 4 N–H and O–H groups in total. The largest absolute Gasteiger partial charge is 0.481 e. The van der Waals surface area contributed by atoms with Gasteiger partial charge in [0.25, 0.3) is 0 Å². The first-order valence-corrected chi connectivity index (χ1v) is 7.27. The van der Waals surface area contributed by atoms with E-state index in [1.54, 1.807) is 0 Å². The highest BCUT2D eigenvalue weighted by molar-refractivity contribution is 5.73. The van der Waals surface area contributed by atoms with Gasteiger partial charge in [-0.2, -0.15) is 0 Å². The summed E-state index contributed by atoms with van der Waals surface area (Å²) in [6, 6.07) is 6.98. The monoisotopic (exact) mass is 291 g/mol. The quantitative estimate of drug-likeness (QED) is 0.770. The Bertz CT molecular complexity index is 504. The molecule has 2 rings (SSSR count). The van der Waals surface area contributed by atoms with Crippen LogP contribution in [-0.2, 0) is 16.0 Å². The van der Waals surface area contributed by atoms with E-state index in [9.17, 15) is 9.59 Å².